The van der Waals surface area contributed by atoms with Crippen LogP contribution < -0.4 is 9.88 Å². The molecule has 0 amide bonds. The summed E-state index contributed by atoms with van der Waals surface area (Å²) in [5.74, 6) is 0.578. The summed E-state index contributed by atoms with van der Waals surface area (Å²) in [6.45, 7) is 10.3. The highest BCUT2D eigenvalue weighted by Gasteiger charge is 2.49. The second-order valence-electron chi connectivity index (χ2n) is 6.28. The topological polar surface area (TPSA) is 69.4 Å². The summed E-state index contributed by atoms with van der Waals surface area (Å²) in [4.78, 5) is 0.0698. The highest BCUT2D eigenvalue weighted by Crippen LogP contribution is 2.53. The molecule has 1 unspecified atom stereocenters. The smallest absolute Gasteiger partial charge is 0.241 e. The molecule has 1 heterocycles. The van der Waals surface area contributed by atoms with Crippen molar-refractivity contribution in [2.75, 3.05) is 0 Å². The van der Waals surface area contributed by atoms with Gasteiger partial charge in [0.25, 0.3) is 0 Å². The Hall–Kier alpha value is -1.07. The molecule has 19 heavy (non-hydrogen) atoms. The fraction of sp³-hybridized carbons (Fsp3) is 0.571. The minimum atomic E-state index is -3.78. The third-order valence-corrected chi connectivity index (χ3v) is 5.71. The van der Waals surface area contributed by atoms with E-state index in [1.165, 1.54) is 6.07 Å². The predicted molar refractivity (Wildman–Crippen MR) is 74.7 cm³/mol. The highest BCUT2D eigenvalue weighted by molar-refractivity contribution is 7.89. The molecule has 0 fully saturated rings. The molecule has 0 aromatic heterocycles. The Morgan fingerprint density at radius 2 is 1.79 bits per heavy atom. The molecule has 1 aromatic rings. The first-order chi connectivity index (χ1) is 8.48. The van der Waals surface area contributed by atoms with Crippen molar-refractivity contribution < 1.29 is 13.2 Å². The molecule has 5 heteroatoms. The van der Waals surface area contributed by atoms with Crippen LogP contribution in [-0.4, -0.2) is 14.0 Å². The molecule has 106 valence electrons. The van der Waals surface area contributed by atoms with Gasteiger partial charge in [0.05, 0.1) is 0 Å². The summed E-state index contributed by atoms with van der Waals surface area (Å²) in [5, 5.41) is 5.27. The van der Waals surface area contributed by atoms with Gasteiger partial charge in [-0.3, -0.25) is 0 Å². The monoisotopic (exact) mass is 283 g/mol. The van der Waals surface area contributed by atoms with Gasteiger partial charge in [0.15, 0.2) is 0 Å². The Morgan fingerprint density at radius 3 is 2.32 bits per heavy atom. The number of rotatable bonds is 1. The lowest BCUT2D eigenvalue weighted by Gasteiger charge is -2.50. The van der Waals surface area contributed by atoms with Gasteiger partial charge in [0, 0.05) is 5.41 Å². The van der Waals surface area contributed by atoms with Crippen molar-refractivity contribution in [2.24, 2.45) is 10.6 Å². The number of hydrogen-bond donors (Lipinski definition) is 1. The molecule has 1 aliphatic rings. The fourth-order valence-corrected chi connectivity index (χ4v) is 3.19. The number of para-hydroxylation sites is 1. The minimum Gasteiger partial charge on any atom is -0.486 e. The molecular weight excluding hydrogens is 262 g/mol. The van der Waals surface area contributed by atoms with Gasteiger partial charge in [-0.1, -0.05) is 32.9 Å². The highest BCUT2D eigenvalue weighted by atomic mass is 32.2. The lowest BCUT2D eigenvalue weighted by molar-refractivity contribution is -0.0455. The van der Waals surface area contributed by atoms with E-state index in [0.29, 0.717) is 5.75 Å². The third kappa shape index (κ3) is 2.05. The van der Waals surface area contributed by atoms with Crippen molar-refractivity contribution in [1.29, 1.82) is 0 Å². The third-order valence-electron chi connectivity index (χ3n) is 4.77. The van der Waals surface area contributed by atoms with Gasteiger partial charge in [0.2, 0.25) is 10.0 Å². The van der Waals surface area contributed by atoms with Crippen LogP contribution in [0.5, 0.6) is 5.75 Å². The van der Waals surface area contributed by atoms with Crippen LogP contribution in [0.15, 0.2) is 23.1 Å². The largest absolute Gasteiger partial charge is 0.486 e. The maximum absolute atomic E-state index is 11.7. The Labute approximate surface area is 115 Å². The first kappa shape index (κ1) is 14.3. The Morgan fingerprint density at radius 1 is 1.21 bits per heavy atom. The molecule has 2 N–H and O–H groups in total. The van der Waals surface area contributed by atoms with E-state index in [0.717, 1.165) is 5.56 Å². The molecule has 2 rings (SSSR count). The molecule has 1 atom stereocenters. The van der Waals surface area contributed by atoms with Gasteiger partial charge in [-0.25, -0.2) is 13.6 Å². The molecule has 0 spiro atoms. The van der Waals surface area contributed by atoms with Crippen molar-refractivity contribution in [3.63, 3.8) is 0 Å². The molecule has 0 saturated heterocycles. The zero-order valence-electron chi connectivity index (χ0n) is 12.0. The number of ether oxygens (including phenoxy) is 1. The number of nitrogens with two attached hydrogens (primary N) is 1. The van der Waals surface area contributed by atoms with Crippen molar-refractivity contribution in [2.45, 2.75) is 51.0 Å². The zero-order valence-corrected chi connectivity index (χ0v) is 12.8. The maximum atomic E-state index is 11.7. The van der Waals surface area contributed by atoms with Gasteiger partial charge in [-0.2, -0.15) is 0 Å². The summed E-state index contributed by atoms with van der Waals surface area (Å²) < 4.78 is 29.4. The van der Waals surface area contributed by atoms with Gasteiger partial charge in [-0.05, 0) is 31.4 Å². The minimum absolute atomic E-state index is 0.0698. The van der Waals surface area contributed by atoms with Crippen LogP contribution in [0.3, 0.4) is 0 Å². The summed E-state index contributed by atoms with van der Waals surface area (Å²) in [6.07, 6.45) is 0. The quantitative estimate of drug-likeness (QED) is 0.861. The van der Waals surface area contributed by atoms with E-state index in [4.69, 9.17) is 9.88 Å². The average molecular weight is 283 g/mol. The molecular formula is C14H21NO3S. The summed E-state index contributed by atoms with van der Waals surface area (Å²) in [5.41, 5.74) is 0.313. The lowest BCUT2D eigenvalue weighted by atomic mass is 9.64. The summed E-state index contributed by atoms with van der Waals surface area (Å²) >= 11 is 0. The fourth-order valence-electron chi connectivity index (χ4n) is 2.50. The predicted octanol–water partition coefficient (Wildman–Crippen LogP) is 2.63. The van der Waals surface area contributed by atoms with Crippen LogP contribution in [0, 0.1) is 5.41 Å². The summed E-state index contributed by atoms with van der Waals surface area (Å²) in [7, 11) is -3.78. The lowest BCUT2D eigenvalue weighted by Crippen LogP contribution is -2.50. The molecule has 0 bridgehead atoms. The number of fused-ring (bicyclic) bond motifs is 1. The molecule has 1 aliphatic heterocycles. The van der Waals surface area contributed by atoms with Gasteiger partial charge >= 0.3 is 0 Å². The number of benzene rings is 1. The van der Waals surface area contributed by atoms with Crippen LogP contribution in [0.2, 0.25) is 0 Å². The Bertz CT molecular complexity index is 618. The van der Waals surface area contributed by atoms with E-state index in [2.05, 4.69) is 20.8 Å². The second kappa shape index (κ2) is 3.96. The van der Waals surface area contributed by atoms with Crippen LogP contribution in [0.4, 0.5) is 0 Å². The molecule has 0 radical (unpaired) electrons. The normalized spacial score (nSPS) is 24.4. The molecule has 4 nitrogen and oxygen atoms in total. The van der Waals surface area contributed by atoms with Crippen LogP contribution in [-0.2, 0) is 10.0 Å². The SMILES string of the molecule is CC1c2cccc(S(N)(=O)=O)c2OC(C)(C)C1(C)C. The van der Waals surface area contributed by atoms with E-state index in [9.17, 15) is 8.42 Å². The number of primary sulfonamides is 1. The van der Waals surface area contributed by atoms with E-state index in [-0.39, 0.29) is 16.2 Å². The van der Waals surface area contributed by atoms with Crippen LogP contribution >= 0.6 is 0 Å². The van der Waals surface area contributed by atoms with Crippen molar-refractivity contribution in [1.82, 2.24) is 0 Å². The van der Waals surface area contributed by atoms with Gasteiger partial charge < -0.3 is 4.74 Å². The Balaban J connectivity index is 2.74. The maximum Gasteiger partial charge on any atom is 0.241 e. The van der Waals surface area contributed by atoms with E-state index in [1.807, 2.05) is 19.9 Å². The van der Waals surface area contributed by atoms with Gasteiger partial charge in [0.1, 0.15) is 16.2 Å². The number of hydrogen-bond acceptors (Lipinski definition) is 3. The molecule has 0 aliphatic carbocycles. The van der Waals surface area contributed by atoms with E-state index < -0.39 is 15.6 Å². The second-order valence-corrected chi connectivity index (χ2v) is 7.81. The van der Waals surface area contributed by atoms with Gasteiger partial charge in [-0.15, -0.1) is 0 Å². The first-order valence-corrected chi connectivity index (χ1v) is 7.88. The standard InChI is InChI=1S/C14H21NO3S/c1-9-10-7-6-8-11(19(15,16)17)12(10)18-14(4,5)13(9,2)3/h6-9H,1-5H3,(H2,15,16,17). The first-order valence-electron chi connectivity index (χ1n) is 6.33. The van der Waals surface area contributed by atoms with Crippen molar-refractivity contribution in [3.05, 3.63) is 23.8 Å². The van der Waals surface area contributed by atoms with E-state index in [1.54, 1.807) is 6.07 Å². The van der Waals surface area contributed by atoms with Crippen LogP contribution in [0.1, 0.15) is 46.1 Å². The van der Waals surface area contributed by atoms with E-state index >= 15 is 0 Å². The summed E-state index contributed by atoms with van der Waals surface area (Å²) in [6, 6.07) is 5.12. The van der Waals surface area contributed by atoms with Crippen LogP contribution in [0.25, 0.3) is 0 Å². The number of sulfonamides is 1. The van der Waals surface area contributed by atoms with Crippen molar-refractivity contribution in [3.8, 4) is 5.75 Å². The van der Waals surface area contributed by atoms with Crippen molar-refractivity contribution >= 4 is 10.0 Å². The average Bonchev–Trinajstić information content (AvgIpc) is 2.24. The molecule has 1 aromatic carbocycles. The Kier molecular flexibility index (Phi) is 2.99. The zero-order chi connectivity index (χ0) is 14.6. The molecule has 0 saturated carbocycles.